The molecule has 2 N–H and O–H groups in total. The molecule has 0 aliphatic heterocycles. The summed E-state index contributed by atoms with van der Waals surface area (Å²) < 4.78 is 4.59. The molecule has 0 fully saturated rings. The van der Waals surface area contributed by atoms with Crippen molar-refractivity contribution in [3.63, 3.8) is 0 Å². The Kier molecular flexibility index (Phi) is 4.08. The summed E-state index contributed by atoms with van der Waals surface area (Å²) in [5.74, 6) is 0.720. The van der Waals surface area contributed by atoms with E-state index in [9.17, 15) is 9.59 Å². The predicted octanol–water partition coefficient (Wildman–Crippen LogP) is -0.0361. The van der Waals surface area contributed by atoms with Gasteiger partial charge in [-0.1, -0.05) is 6.92 Å². The summed E-state index contributed by atoms with van der Waals surface area (Å²) in [7, 11) is 1.79. The standard InChI is InChI=1S/C13H21N5O2/c1-4-7-17-11-10(16(3)9(2)15-11)12(19)18(13(17)20)8-5-6-14/h4-8,14H2,1-3H3. The maximum absolute atomic E-state index is 12.5. The molecule has 0 aliphatic carbocycles. The number of hydrogen-bond acceptors (Lipinski definition) is 4. The third kappa shape index (κ3) is 2.18. The molecule has 2 aromatic heterocycles. The third-order valence-corrected chi connectivity index (χ3v) is 3.50. The normalized spacial score (nSPS) is 11.4. The van der Waals surface area contributed by atoms with Gasteiger partial charge in [0.25, 0.3) is 5.56 Å². The first-order valence-electron chi connectivity index (χ1n) is 6.89. The Balaban J connectivity index is 2.84. The fourth-order valence-electron chi connectivity index (χ4n) is 2.34. The number of aryl methyl sites for hydroxylation is 3. The van der Waals surface area contributed by atoms with E-state index in [0.717, 1.165) is 12.2 Å². The lowest BCUT2D eigenvalue weighted by molar-refractivity contribution is 0.546. The Morgan fingerprint density at radius 1 is 1.20 bits per heavy atom. The van der Waals surface area contributed by atoms with E-state index in [1.165, 1.54) is 4.57 Å². The van der Waals surface area contributed by atoms with E-state index in [2.05, 4.69) is 4.98 Å². The summed E-state index contributed by atoms with van der Waals surface area (Å²) in [6.07, 6.45) is 1.41. The van der Waals surface area contributed by atoms with Gasteiger partial charge in [0.15, 0.2) is 11.2 Å². The average Bonchev–Trinajstić information content (AvgIpc) is 2.71. The molecule has 0 unspecified atom stereocenters. The van der Waals surface area contributed by atoms with Crippen molar-refractivity contribution in [2.45, 2.75) is 39.8 Å². The van der Waals surface area contributed by atoms with Crippen molar-refractivity contribution in [3.8, 4) is 0 Å². The first kappa shape index (κ1) is 14.5. The number of nitrogens with zero attached hydrogens (tertiary/aromatic N) is 4. The van der Waals surface area contributed by atoms with Crippen LogP contribution in [-0.4, -0.2) is 25.2 Å². The van der Waals surface area contributed by atoms with Gasteiger partial charge in [0.2, 0.25) is 0 Å². The van der Waals surface area contributed by atoms with Crippen molar-refractivity contribution in [3.05, 3.63) is 26.7 Å². The number of hydrogen-bond donors (Lipinski definition) is 1. The van der Waals surface area contributed by atoms with Crippen molar-refractivity contribution in [2.75, 3.05) is 6.54 Å². The molecule has 7 heteroatoms. The van der Waals surface area contributed by atoms with Gasteiger partial charge in [-0.2, -0.15) is 0 Å². The molecule has 0 aromatic carbocycles. The van der Waals surface area contributed by atoms with Gasteiger partial charge in [0.1, 0.15) is 5.82 Å². The predicted molar refractivity (Wildman–Crippen MR) is 77.9 cm³/mol. The molecule has 0 saturated carbocycles. The summed E-state index contributed by atoms with van der Waals surface area (Å²) in [6, 6.07) is 0. The van der Waals surface area contributed by atoms with Crippen LogP contribution in [0.25, 0.3) is 11.2 Å². The maximum Gasteiger partial charge on any atom is 0.332 e. The van der Waals surface area contributed by atoms with Gasteiger partial charge in [-0.3, -0.25) is 13.9 Å². The minimum absolute atomic E-state index is 0.283. The summed E-state index contributed by atoms with van der Waals surface area (Å²) in [5.41, 5.74) is 5.86. The van der Waals surface area contributed by atoms with E-state index in [4.69, 9.17) is 5.73 Å². The lowest BCUT2D eigenvalue weighted by Crippen LogP contribution is -2.41. The zero-order chi connectivity index (χ0) is 14.9. The number of imidazole rings is 1. The van der Waals surface area contributed by atoms with Crippen LogP contribution in [0.4, 0.5) is 0 Å². The summed E-state index contributed by atoms with van der Waals surface area (Å²) in [4.78, 5) is 29.3. The molecule has 0 atom stereocenters. The van der Waals surface area contributed by atoms with Crippen molar-refractivity contribution >= 4 is 11.2 Å². The van der Waals surface area contributed by atoms with Crippen molar-refractivity contribution in [1.82, 2.24) is 18.7 Å². The molecule has 2 aromatic rings. The van der Waals surface area contributed by atoms with Gasteiger partial charge in [-0.25, -0.2) is 9.78 Å². The molecule has 20 heavy (non-hydrogen) atoms. The minimum atomic E-state index is -0.295. The Bertz CT molecular complexity index is 738. The topological polar surface area (TPSA) is 87.8 Å². The maximum atomic E-state index is 12.5. The molecule has 0 amide bonds. The van der Waals surface area contributed by atoms with E-state index in [1.807, 2.05) is 13.8 Å². The molecule has 2 heterocycles. The van der Waals surface area contributed by atoms with E-state index in [-0.39, 0.29) is 11.2 Å². The average molecular weight is 279 g/mol. The molecule has 0 aliphatic rings. The Morgan fingerprint density at radius 2 is 1.90 bits per heavy atom. The van der Waals surface area contributed by atoms with Gasteiger partial charge in [-0.05, 0) is 26.3 Å². The first-order chi connectivity index (χ1) is 9.52. The van der Waals surface area contributed by atoms with Gasteiger partial charge in [0, 0.05) is 20.1 Å². The Labute approximate surface area is 116 Å². The van der Waals surface area contributed by atoms with Gasteiger partial charge >= 0.3 is 5.69 Å². The lowest BCUT2D eigenvalue weighted by Gasteiger charge is -2.10. The quantitative estimate of drug-likeness (QED) is 0.832. The largest absolute Gasteiger partial charge is 0.332 e. The highest BCUT2D eigenvalue weighted by Crippen LogP contribution is 2.09. The van der Waals surface area contributed by atoms with Crippen molar-refractivity contribution in [1.29, 1.82) is 0 Å². The van der Waals surface area contributed by atoms with Crippen LogP contribution in [0.2, 0.25) is 0 Å². The first-order valence-corrected chi connectivity index (χ1v) is 6.89. The molecular formula is C13H21N5O2. The summed E-state index contributed by atoms with van der Waals surface area (Å²) in [6.45, 7) is 5.16. The molecule has 0 bridgehead atoms. The molecule has 0 spiro atoms. The van der Waals surface area contributed by atoms with Crippen molar-refractivity contribution in [2.24, 2.45) is 12.8 Å². The highest BCUT2D eigenvalue weighted by molar-refractivity contribution is 5.70. The van der Waals surface area contributed by atoms with Crippen molar-refractivity contribution < 1.29 is 0 Å². The van der Waals surface area contributed by atoms with Crippen LogP contribution >= 0.6 is 0 Å². The highest BCUT2D eigenvalue weighted by Gasteiger charge is 2.17. The zero-order valence-corrected chi connectivity index (χ0v) is 12.2. The van der Waals surface area contributed by atoms with Crippen LogP contribution in [0.1, 0.15) is 25.6 Å². The highest BCUT2D eigenvalue weighted by atomic mass is 16.2. The van der Waals surface area contributed by atoms with Gasteiger partial charge in [0.05, 0.1) is 0 Å². The zero-order valence-electron chi connectivity index (χ0n) is 12.2. The summed E-state index contributed by atoms with van der Waals surface area (Å²) >= 11 is 0. The van der Waals surface area contributed by atoms with Gasteiger partial charge in [-0.15, -0.1) is 0 Å². The molecule has 110 valence electrons. The van der Waals surface area contributed by atoms with Crippen LogP contribution in [0, 0.1) is 6.92 Å². The second-order valence-corrected chi connectivity index (χ2v) is 4.92. The van der Waals surface area contributed by atoms with Crippen LogP contribution in [-0.2, 0) is 20.1 Å². The fraction of sp³-hybridized carbons (Fsp3) is 0.615. The molecule has 0 saturated heterocycles. The number of aromatic nitrogens is 4. The van der Waals surface area contributed by atoms with E-state index >= 15 is 0 Å². The van der Waals surface area contributed by atoms with E-state index in [0.29, 0.717) is 37.2 Å². The Morgan fingerprint density at radius 3 is 2.50 bits per heavy atom. The molecular weight excluding hydrogens is 258 g/mol. The van der Waals surface area contributed by atoms with Crippen LogP contribution in [0.3, 0.4) is 0 Å². The third-order valence-electron chi connectivity index (χ3n) is 3.50. The number of nitrogens with two attached hydrogens (primary N) is 1. The van der Waals surface area contributed by atoms with E-state index in [1.54, 1.807) is 16.2 Å². The molecule has 0 radical (unpaired) electrons. The summed E-state index contributed by atoms with van der Waals surface area (Å²) in [5, 5.41) is 0. The second-order valence-electron chi connectivity index (χ2n) is 4.92. The second kappa shape index (κ2) is 5.62. The number of rotatable bonds is 5. The number of fused-ring (bicyclic) bond motifs is 1. The monoisotopic (exact) mass is 279 g/mol. The molecule has 2 rings (SSSR count). The van der Waals surface area contributed by atoms with Crippen LogP contribution in [0.5, 0.6) is 0 Å². The van der Waals surface area contributed by atoms with E-state index < -0.39 is 0 Å². The SMILES string of the molecule is CCCn1c(=O)n(CCCN)c(=O)c2c1nc(C)n2C. The van der Waals surface area contributed by atoms with Gasteiger partial charge < -0.3 is 10.3 Å². The van der Waals surface area contributed by atoms with Crippen LogP contribution in [0.15, 0.2) is 9.59 Å². The molecule has 7 nitrogen and oxygen atoms in total. The lowest BCUT2D eigenvalue weighted by atomic mass is 10.4. The Hall–Kier alpha value is -1.89. The van der Waals surface area contributed by atoms with Crippen LogP contribution < -0.4 is 17.0 Å². The smallest absolute Gasteiger partial charge is 0.330 e. The fourth-order valence-corrected chi connectivity index (χ4v) is 2.34. The minimum Gasteiger partial charge on any atom is -0.330 e.